The number of nitrogens with one attached hydrogen (secondary N) is 1. The summed E-state index contributed by atoms with van der Waals surface area (Å²) in [5, 5.41) is 3.01. The Morgan fingerprint density at radius 1 is 1.15 bits per heavy atom. The standard InChI is InChI=1S/C20H26N2O3S2/c1-16(9-10-17-7-3-2-4-8-17)21-19(23)15-18-11-12-20(26-18)27(24,25)22-13-5-6-14-22/h2-4,7-8,11-12,16H,5-6,9-10,13-15H2,1H3,(H,21,23)/t16-/m0/s1. The summed E-state index contributed by atoms with van der Waals surface area (Å²) < 4.78 is 27.0. The first-order valence-corrected chi connectivity index (χ1v) is 11.6. The number of carbonyl (C=O) groups is 1. The average molecular weight is 407 g/mol. The van der Waals surface area contributed by atoms with Crippen molar-refractivity contribution in [2.45, 2.75) is 49.3 Å². The van der Waals surface area contributed by atoms with Gasteiger partial charge < -0.3 is 5.32 Å². The van der Waals surface area contributed by atoms with Crippen LogP contribution in [0.1, 0.15) is 36.6 Å². The van der Waals surface area contributed by atoms with Crippen LogP contribution < -0.4 is 5.32 Å². The van der Waals surface area contributed by atoms with Crippen molar-refractivity contribution in [3.63, 3.8) is 0 Å². The molecule has 1 amide bonds. The number of hydrogen-bond donors (Lipinski definition) is 1. The molecule has 7 heteroatoms. The Morgan fingerprint density at radius 3 is 2.56 bits per heavy atom. The maximum Gasteiger partial charge on any atom is 0.252 e. The van der Waals surface area contributed by atoms with E-state index in [9.17, 15) is 13.2 Å². The fourth-order valence-corrected chi connectivity index (χ4v) is 6.26. The second-order valence-corrected chi connectivity index (χ2v) is 10.3. The minimum atomic E-state index is -3.40. The van der Waals surface area contributed by atoms with E-state index >= 15 is 0 Å². The van der Waals surface area contributed by atoms with Crippen molar-refractivity contribution in [2.24, 2.45) is 0 Å². The number of carbonyl (C=O) groups excluding carboxylic acids is 1. The maximum absolute atomic E-state index is 12.6. The Morgan fingerprint density at radius 2 is 1.85 bits per heavy atom. The van der Waals surface area contributed by atoms with Gasteiger partial charge in [0.15, 0.2) is 0 Å². The molecule has 2 heterocycles. The Labute approximate surface area is 165 Å². The van der Waals surface area contributed by atoms with Crippen LogP contribution in [0, 0.1) is 0 Å². The van der Waals surface area contributed by atoms with Gasteiger partial charge in [-0.2, -0.15) is 4.31 Å². The van der Waals surface area contributed by atoms with E-state index in [-0.39, 0.29) is 18.4 Å². The van der Waals surface area contributed by atoms with Crippen LogP contribution in [0.15, 0.2) is 46.7 Å². The number of rotatable bonds is 8. The van der Waals surface area contributed by atoms with Crippen LogP contribution in [-0.2, 0) is 27.7 Å². The van der Waals surface area contributed by atoms with E-state index in [1.165, 1.54) is 21.2 Å². The quantitative estimate of drug-likeness (QED) is 0.732. The molecular weight excluding hydrogens is 380 g/mol. The lowest BCUT2D eigenvalue weighted by Crippen LogP contribution is -2.33. The lowest BCUT2D eigenvalue weighted by Gasteiger charge is -2.14. The van der Waals surface area contributed by atoms with Gasteiger partial charge in [-0.1, -0.05) is 30.3 Å². The van der Waals surface area contributed by atoms with Crippen LogP contribution in [0.3, 0.4) is 0 Å². The van der Waals surface area contributed by atoms with Crippen molar-refractivity contribution in [1.82, 2.24) is 9.62 Å². The number of benzene rings is 1. The number of thiophene rings is 1. The van der Waals surface area contributed by atoms with Gasteiger partial charge in [0.25, 0.3) is 10.0 Å². The number of hydrogen-bond acceptors (Lipinski definition) is 4. The summed E-state index contributed by atoms with van der Waals surface area (Å²) in [5.41, 5.74) is 1.26. The predicted molar refractivity (Wildman–Crippen MR) is 108 cm³/mol. The van der Waals surface area contributed by atoms with Crippen LogP contribution in [0.25, 0.3) is 0 Å². The van der Waals surface area contributed by atoms with Crippen LogP contribution in [0.2, 0.25) is 0 Å². The first-order chi connectivity index (χ1) is 12.9. The second-order valence-electron chi connectivity index (χ2n) is 7.00. The molecule has 0 spiro atoms. The SMILES string of the molecule is C[C@@H](CCc1ccccc1)NC(=O)Cc1ccc(S(=O)(=O)N2CCCC2)s1. The Hall–Kier alpha value is -1.70. The van der Waals surface area contributed by atoms with Gasteiger partial charge in [-0.25, -0.2) is 8.42 Å². The first kappa shape index (κ1) is 20.0. The molecule has 1 saturated heterocycles. The largest absolute Gasteiger partial charge is 0.353 e. The molecule has 1 N–H and O–H groups in total. The number of nitrogens with zero attached hydrogens (tertiary/aromatic N) is 1. The summed E-state index contributed by atoms with van der Waals surface area (Å²) in [4.78, 5) is 13.1. The van der Waals surface area contributed by atoms with Crippen molar-refractivity contribution in [2.75, 3.05) is 13.1 Å². The third-order valence-corrected chi connectivity index (χ3v) is 8.20. The van der Waals surface area contributed by atoms with E-state index in [4.69, 9.17) is 0 Å². The minimum absolute atomic E-state index is 0.0671. The van der Waals surface area contributed by atoms with E-state index < -0.39 is 10.0 Å². The van der Waals surface area contributed by atoms with Crippen LogP contribution in [-0.4, -0.2) is 37.8 Å². The predicted octanol–water partition coefficient (Wildman–Crippen LogP) is 3.21. The van der Waals surface area contributed by atoms with Gasteiger partial charge >= 0.3 is 0 Å². The van der Waals surface area contributed by atoms with Crippen molar-refractivity contribution in [3.8, 4) is 0 Å². The minimum Gasteiger partial charge on any atom is -0.353 e. The van der Waals surface area contributed by atoms with Gasteiger partial charge in [0, 0.05) is 24.0 Å². The zero-order valence-corrected chi connectivity index (χ0v) is 17.2. The van der Waals surface area contributed by atoms with E-state index in [0.29, 0.717) is 17.3 Å². The van der Waals surface area contributed by atoms with E-state index in [2.05, 4.69) is 17.4 Å². The van der Waals surface area contributed by atoms with Crippen molar-refractivity contribution >= 4 is 27.3 Å². The average Bonchev–Trinajstić information content (AvgIpc) is 3.33. The summed E-state index contributed by atoms with van der Waals surface area (Å²) in [5.74, 6) is -0.0671. The van der Waals surface area contributed by atoms with Gasteiger partial charge in [-0.3, -0.25) is 4.79 Å². The Kier molecular flexibility index (Phi) is 6.68. The molecule has 0 saturated carbocycles. The van der Waals surface area contributed by atoms with Crippen LogP contribution in [0.5, 0.6) is 0 Å². The van der Waals surface area contributed by atoms with E-state index in [0.717, 1.165) is 30.6 Å². The third-order valence-electron chi connectivity index (χ3n) is 4.75. The summed E-state index contributed by atoms with van der Waals surface area (Å²) in [7, 11) is -3.40. The Balaban J connectivity index is 1.50. The Bertz CT molecular complexity index is 856. The highest BCUT2D eigenvalue weighted by Gasteiger charge is 2.28. The summed E-state index contributed by atoms with van der Waals surface area (Å²) >= 11 is 1.20. The van der Waals surface area contributed by atoms with Crippen LogP contribution >= 0.6 is 11.3 Å². The molecule has 1 aliphatic heterocycles. The van der Waals surface area contributed by atoms with E-state index in [1.807, 2.05) is 25.1 Å². The monoisotopic (exact) mass is 406 g/mol. The smallest absolute Gasteiger partial charge is 0.252 e. The molecular formula is C20H26N2O3S2. The molecule has 0 radical (unpaired) electrons. The third kappa shape index (κ3) is 5.40. The lowest BCUT2D eigenvalue weighted by molar-refractivity contribution is -0.121. The highest BCUT2D eigenvalue weighted by Crippen LogP contribution is 2.27. The molecule has 0 aliphatic carbocycles. The fraction of sp³-hybridized carbons (Fsp3) is 0.450. The van der Waals surface area contributed by atoms with Gasteiger partial charge in [0.1, 0.15) is 4.21 Å². The lowest BCUT2D eigenvalue weighted by atomic mass is 10.1. The number of aryl methyl sites for hydroxylation is 1. The molecule has 1 fully saturated rings. The van der Waals surface area contributed by atoms with E-state index in [1.54, 1.807) is 12.1 Å². The molecule has 1 aromatic heterocycles. The zero-order chi connectivity index (χ0) is 19.3. The highest BCUT2D eigenvalue weighted by atomic mass is 32.2. The summed E-state index contributed by atoms with van der Waals surface area (Å²) in [6.45, 7) is 3.18. The normalized spacial score (nSPS) is 16.3. The molecule has 2 aromatic rings. The summed E-state index contributed by atoms with van der Waals surface area (Å²) in [6.07, 6.45) is 3.84. The van der Waals surface area contributed by atoms with Gasteiger partial charge in [0.2, 0.25) is 5.91 Å². The zero-order valence-electron chi connectivity index (χ0n) is 15.6. The molecule has 3 rings (SSSR count). The van der Waals surface area contributed by atoms with Crippen molar-refractivity contribution < 1.29 is 13.2 Å². The van der Waals surface area contributed by atoms with Gasteiger partial charge in [-0.05, 0) is 50.3 Å². The van der Waals surface area contributed by atoms with Crippen LogP contribution in [0.4, 0.5) is 0 Å². The molecule has 27 heavy (non-hydrogen) atoms. The molecule has 1 aliphatic rings. The molecule has 5 nitrogen and oxygen atoms in total. The van der Waals surface area contributed by atoms with Crippen molar-refractivity contribution in [3.05, 3.63) is 52.9 Å². The van der Waals surface area contributed by atoms with Gasteiger partial charge in [-0.15, -0.1) is 11.3 Å². The molecule has 146 valence electrons. The first-order valence-electron chi connectivity index (χ1n) is 9.37. The van der Waals surface area contributed by atoms with Gasteiger partial charge in [0.05, 0.1) is 6.42 Å². The maximum atomic E-state index is 12.6. The molecule has 0 unspecified atom stereocenters. The molecule has 1 atom stereocenters. The molecule has 1 aromatic carbocycles. The second kappa shape index (κ2) is 8.99. The topological polar surface area (TPSA) is 66.5 Å². The fourth-order valence-electron chi connectivity index (χ4n) is 3.23. The van der Waals surface area contributed by atoms with Crippen molar-refractivity contribution in [1.29, 1.82) is 0 Å². The summed E-state index contributed by atoms with van der Waals surface area (Å²) in [6, 6.07) is 13.7. The number of amides is 1. The molecule has 0 bridgehead atoms. The highest BCUT2D eigenvalue weighted by molar-refractivity contribution is 7.91. The number of sulfonamides is 1.